The van der Waals surface area contributed by atoms with Crippen molar-refractivity contribution in [3.63, 3.8) is 0 Å². The minimum Gasteiger partial charge on any atom is -0.480 e. The molecule has 0 aromatic rings. The fourth-order valence-electron chi connectivity index (χ4n) is 1.49. The Morgan fingerprint density at radius 1 is 0.593 bits per heavy atom. The van der Waals surface area contributed by atoms with Crippen LogP contribution in [0.2, 0.25) is 0 Å². The van der Waals surface area contributed by atoms with Crippen molar-refractivity contribution in [1.82, 2.24) is 0 Å². The van der Waals surface area contributed by atoms with Gasteiger partial charge in [0, 0.05) is 0 Å². The molecule has 0 saturated heterocycles. The molecule has 0 fully saturated rings. The maximum atomic E-state index is 10.2. The summed E-state index contributed by atoms with van der Waals surface area (Å²) in [6.07, 6.45) is 2.44. The van der Waals surface area contributed by atoms with Crippen molar-refractivity contribution in [2.45, 2.75) is 78.9 Å². The first-order valence-corrected chi connectivity index (χ1v) is 9.23. The molecule has 0 unspecified atom stereocenters. The second kappa shape index (κ2) is 16.5. The molecule has 0 aliphatic carbocycles. The summed E-state index contributed by atoms with van der Waals surface area (Å²) >= 11 is 0. The molecule has 0 bridgehead atoms. The maximum Gasteiger partial charge on any atom is 0.320 e. The van der Waals surface area contributed by atoms with Crippen molar-refractivity contribution >= 4 is 17.9 Å². The first kappa shape index (κ1) is 30.0. The van der Waals surface area contributed by atoms with Crippen LogP contribution in [0.15, 0.2) is 0 Å². The van der Waals surface area contributed by atoms with Gasteiger partial charge >= 0.3 is 17.9 Å². The lowest BCUT2D eigenvalue weighted by Gasteiger charge is -2.11. The molecule has 0 heterocycles. The molecule has 0 aromatic carbocycles. The van der Waals surface area contributed by atoms with Crippen LogP contribution in [0, 0.1) is 17.8 Å². The van der Waals surface area contributed by atoms with E-state index in [9.17, 15) is 14.4 Å². The van der Waals surface area contributed by atoms with Gasteiger partial charge in [-0.1, -0.05) is 60.8 Å². The van der Waals surface area contributed by atoms with E-state index in [-0.39, 0.29) is 17.8 Å². The molecule has 6 atom stereocenters. The Balaban J connectivity index is -0.000000320. The van der Waals surface area contributed by atoms with Crippen LogP contribution < -0.4 is 17.2 Å². The van der Waals surface area contributed by atoms with Gasteiger partial charge in [0.05, 0.1) is 0 Å². The number of carboxylic acid groups (broad SMARTS) is 3. The second-order valence-corrected chi connectivity index (χ2v) is 6.75. The number of carbonyl (C=O) groups is 3. The van der Waals surface area contributed by atoms with E-state index in [0.29, 0.717) is 0 Å². The van der Waals surface area contributed by atoms with Crippen LogP contribution in [0.4, 0.5) is 0 Å². The Bertz CT molecular complexity index is 372. The summed E-state index contributed by atoms with van der Waals surface area (Å²) in [7, 11) is 0. The highest BCUT2D eigenvalue weighted by Gasteiger charge is 2.18. The smallest absolute Gasteiger partial charge is 0.320 e. The minimum absolute atomic E-state index is 0.0718. The Morgan fingerprint density at radius 2 is 0.741 bits per heavy atom. The summed E-state index contributed by atoms with van der Waals surface area (Å²) in [6, 6.07) is -2.10. The van der Waals surface area contributed by atoms with E-state index >= 15 is 0 Å². The zero-order chi connectivity index (χ0) is 22.3. The van der Waals surface area contributed by atoms with E-state index < -0.39 is 36.0 Å². The lowest BCUT2D eigenvalue weighted by Crippen LogP contribution is -2.36. The Morgan fingerprint density at radius 3 is 0.778 bits per heavy atom. The molecule has 0 saturated carbocycles. The van der Waals surface area contributed by atoms with Gasteiger partial charge in [0.25, 0.3) is 0 Å². The number of aliphatic carboxylic acids is 3. The molecule has 162 valence electrons. The van der Waals surface area contributed by atoms with Gasteiger partial charge in [-0.2, -0.15) is 0 Å². The second-order valence-electron chi connectivity index (χ2n) is 6.75. The SMILES string of the molecule is CC[C@H](C)[C@H](N)C(=O)O.CC[C@H](C)[C@H](N)C(=O)O.CC[C@H](C)[C@H](N)C(=O)O. The van der Waals surface area contributed by atoms with Gasteiger partial charge in [0.2, 0.25) is 0 Å². The molecule has 0 aromatic heterocycles. The molecule has 0 rings (SSSR count). The van der Waals surface area contributed by atoms with Crippen molar-refractivity contribution in [2.75, 3.05) is 0 Å². The van der Waals surface area contributed by atoms with Crippen LogP contribution in [-0.2, 0) is 14.4 Å². The van der Waals surface area contributed by atoms with Crippen LogP contribution >= 0.6 is 0 Å². The summed E-state index contributed by atoms with van der Waals surface area (Å²) in [6.45, 7) is 11.3. The lowest BCUT2D eigenvalue weighted by atomic mass is 10.0. The first-order chi connectivity index (χ1) is 12.3. The highest BCUT2D eigenvalue weighted by molar-refractivity contribution is 5.74. The van der Waals surface area contributed by atoms with Gasteiger partial charge in [-0.3, -0.25) is 14.4 Å². The standard InChI is InChI=1S/3C6H13NO2/c3*1-3-4(2)5(7)6(8)9/h3*4-5H,3,7H2,1-2H3,(H,8,9)/t3*4-,5-/m000/s1. The van der Waals surface area contributed by atoms with Crippen molar-refractivity contribution in [2.24, 2.45) is 35.0 Å². The van der Waals surface area contributed by atoms with E-state index in [2.05, 4.69) is 0 Å². The third kappa shape index (κ3) is 15.1. The van der Waals surface area contributed by atoms with Crippen LogP contribution in [0.25, 0.3) is 0 Å². The van der Waals surface area contributed by atoms with Crippen molar-refractivity contribution in [3.05, 3.63) is 0 Å². The predicted molar refractivity (Wildman–Crippen MR) is 105 cm³/mol. The van der Waals surface area contributed by atoms with Crippen LogP contribution in [0.1, 0.15) is 60.8 Å². The van der Waals surface area contributed by atoms with Gasteiger partial charge in [-0.05, 0) is 17.8 Å². The van der Waals surface area contributed by atoms with Crippen LogP contribution in [0.5, 0.6) is 0 Å². The summed E-state index contributed by atoms with van der Waals surface area (Å²) in [5.41, 5.74) is 15.8. The van der Waals surface area contributed by atoms with Gasteiger partial charge < -0.3 is 32.5 Å². The molecule has 9 N–H and O–H groups in total. The first-order valence-electron chi connectivity index (χ1n) is 9.23. The minimum atomic E-state index is -0.913. The third-order valence-corrected chi connectivity index (χ3v) is 4.63. The topological polar surface area (TPSA) is 190 Å². The van der Waals surface area contributed by atoms with Crippen molar-refractivity contribution in [1.29, 1.82) is 0 Å². The lowest BCUT2D eigenvalue weighted by molar-refractivity contribution is -0.140. The van der Waals surface area contributed by atoms with Crippen LogP contribution in [-0.4, -0.2) is 51.4 Å². The zero-order valence-electron chi connectivity index (χ0n) is 17.4. The largest absolute Gasteiger partial charge is 0.480 e. The Hall–Kier alpha value is -1.71. The van der Waals surface area contributed by atoms with E-state index in [4.69, 9.17) is 32.5 Å². The van der Waals surface area contributed by atoms with Crippen molar-refractivity contribution in [3.8, 4) is 0 Å². The third-order valence-electron chi connectivity index (χ3n) is 4.63. The van der Waals surface area contributed by atoms with Gasteiger partial charge in [-0.25, -0.2) is 0 Å². The molecule has 0 amide bonds. The average molecular weight is 394 g/mol. The molecular weight excluding hydrogens is 354 g/mol. The summed E-state index contributed by atoms with van der Waals surface area (Å²) in [5.74, 6) is -2.52. The Kier molecular flexibility index (Phi) is 18.3. The molecule has 0 aliphatic heterocycles. The monoisotopic (exact) mass is 393 g/mol. The highest BCUT2D eigenvalue weighted by atomic mass is 16.4. The van der Waals surface area contributed by atoms with E-state index in [0.717, 1.165) is 19.3 Å². The van der Waals surface area contributed by atoms with Crippen LogP contribution in [0.3, 0.4) is 0 Å². The van der Waals surface area contributed by atoms with E-state index in [1.807, 2.05) is 41.5 Å². The molecule has 0 aliphatic rings. The summed E-state index contributed by atoms with van der Waals surface area (Å²) < 4.78 is 0. The summed E-state index contributed by atoms with van der Waals surface area (Å²) in [4.78, 5) is 30.5. The number of rotatable bonds is 9. The molecule has 9 heteroatoms. The fraction of sp³-hybridized carbons (Fsp3) is 0.833. The molecule has 9 nitrogen and oxygen atoms in total. The fourth-order valence-corrected chi connectivity index (χ4v) is 1.49. The molecule has 0 radical (unpaired) electrons. The van der Waals surface area contributed by atoms with Gasteiger partial charge in [0.1, 0.15) is 18.1 Å². The molecule has 27 heavy (non-hydrogen) atoms. The number of carboxylic acids is 3. The molecule has 0 spiro atoms. The predicted octanol–water partition coefficient (Wildman–Crippen LogP) is 1.33. The maximum absolute atomic E-state index is 10.2. The average Bonchev–Trinajstić information content (AvgIpc) is 2.64. The number of hydrogen-bond acceptors (Lipinski definition) is 6. The summed E-state index contributed by atoms with van der Waals surface area (Å²) in [5, 5.41) is 25.1. The highest BCUT2D eigenvalue weighted by Crippen LogP contribution is 2.05. The Labute approximate surface area is 162 Å². The quantitative estimate of drug-likeness (QED) is 0.335. The normalized spacial score (nSPS) is 16.8. The zero-order valence-corrected chi connectivity index (χ0v) is 17.4. The van der Waals surface area contributed by atoms with E-state index in [1.54, 1.807) is 0 Å². The van der Waals surface area contributed by atoms with Gasteiger partial charge in [0.15, 0.2) is 0 Å². The van der Waals surface area contributed by atoms with Crippen molar-refractivity contribution < 1.29 is 29.7 Å². The van der Waals surface area contributed by atoms with E-state index in [1.165, 1.54) is 0 Å². The molecular formula is C18H39N3O6. The number of nitrogens with two attached hydrogens (primary N) is 3. The number of hydrogen-bond donors (Lipinski definition) is 6. The van der Waals surface area contributed by atoms with Gasteiger partial charge in [-0.15, -0.1) is 0 Å².